The standard InChI is InChI=1S/C16H20N4O/c1-3-18(4-2)11-12-20-13-7-5-9-17-15(13)19-10-6-8-14(19)16(20)21/h5-10H,3-4,11-12H2,1-2H3. The number of hydrogen-bond acceptors (Lipinski definition) is 3. The van der Waals surface area contributed by atoms with Gasteiger partial charge >= 0.3 is 0 Å². The van der Waals surface area contributed by atoms with Crippen molar-refractivity contribution in [1.29, 1.82) is 0 Å². The van der Waals surface area contributed by atoms with Gasteiger partial charge in [0.2, 0.25) is 0 Å². The van der Waals surface area contributed by atoms with Crippen molar-refractivity contribution in [3.8, 4) is 0 Å². The first-order valence-corrected chi connectivity index (χ1v) is 7.43. The molecule has 3 rings (SSSR count). The molecule has 0 aliphatic heterocycles. The minimum absolute atomic E-state index is 0.0488. The zero-order chi connectivity index (χ0) is 14.8. The SMILES string of the molecule is CCN(CC)CCn1c(=O)c2cccn2c2ncccc21. The number of likely N-dealkylation sites (N-methyl/N-ethyl adjacent to an activating group) is 1. The summed E-state index contributed by atoms with van der Waals surface area (Å²) in [4.78, 5) is 19.4. The van der Waals surface area contributed by atoms with Crippen LogP contribution in [0.5, 0.6) is 0 Å². The summed E-state index contributed by atoms with van der Waals surface area (Å²) >= 11 is 0. The molecule has 0 radical (unpaired) electrons. The van der Waals surface area contributed by atoms with E-state index < -0.39 is 0 Å². The molecule has 0 amide bonds. The topological polar surface area (TPSA) is 42.5 Å². The van der Waals surface area contributed by atoms with Crippen molar-refractivity contribution in [1.82, 2.24) is 18.9 Å². The van der Waals surface area contributed by atoms with Crippen molar-refractivity contribution in [3.63, 3.8) is 0 Å². The van der Waals surface area contributed by atoms with E-state index in [2.05, 4.69) is 23.7 Å². The third kappa shape index (κ3) is 2.34. The number of rotatable bonds is 5. The average Bonchev–Trinajstić information content (AvgIpc) is 3.01. The molecule has 0 saturated heterocycles. The zero-order valence-electron chi connectivity index (χ0n) is 12.5. The molecule has 0 bridgehead atoms. The quantitative estimate of drug-likeness (QED) is 0.719. The maximum atomic E-state index is 12.7. The Morgan fingerprint density at radius 1 is 1.14 bits per heavy atom. The van der Waals surface area contributed by atoms with Crippen molar-refractivity contribution in [2.75, 3.05) is 19.6 Å². The van der Waals surface area contributed by atoms with E-state index in [1.165, 1.54) is 0 Å². The van der Waals surface area contributed by atoms with E-state index in [0.29, 0.717) is 12.1 Å². The van der Waals surface area contributed by atoms with E-state index in [4.69, 9.17) is 0 Å². The Morgan fingerprint density at radius 3 is 2.67 bits per heavy atom. The molecule has 5 heteroatoms. The van der Waals surface area contributed by atoms with Gasteiger partial charge in [0.15, 0.2) is 5.65 Å². The van der Waals surface area contributed by atoms with Crippen LogP contribution in [0.2, 0.25) is 0 Å². The van der Waals surface area contributed by atoms with Gasteiger partial charge in [-0.05, 0) is 37.4 Å². The summed E-state index contributed by atoms with van der Waals surface area (Å²) in [6.07, 6.45) is 3.65. The van der Waals surface area contributed by atoms with Gasteiger partial charge < -0.3 is 9.47 Å². The fourth-order valence-corrected chi connectivity index (χ4v) is 2.78. The molecule has 3 heterocycles. The third-order valence-corrected chi connectivity index (χ3v) is 4.03. The number of fused-ring (bicyclic) bond motifs is 3. The molecule has 0 spiro atoms. The first kappa shape index (κ1) is 13.8. The molecular formula is C16H20N4O. The van der Waals surface area contributed by atoms with Crippen LogP contribution < -0.4 is 5.56 Å². The summed E-state index contributed by atoms with van der Waals surface area (Å²) in [6.45, 7) is 7.83. The fraction of sp³-hybridized carbons (Fsp3) is 0.375. The first-order chi connectivity index (χ1) is 10.3. The van der Waals surface area contributed by atoms with E-state index >= 15 is 0 Å². The van der Waals surface area contributed by atoms with Crippen molar-refractivity contribution in [2.24, 2.45) is 0 Å². The molecule has 3 aromatic heterocycles. The Morgan fingerprint density at radius 2 is 1.90 bits per heavy atom. The lowest BCUT2D eigenvalue weighted by Crippen LogP contribution is -2.31. The van der Waals surface area contributed by atoms with Crippen LogP contribution in [0.3, 0.4) is 0 Å². The van der Waals surface area contributed by atoms with Crippen molar-refractivity contribution < 1.29 is 0 Å². The second kappa shape index (κ2) is 5.69. The van der Waals surface area contributed by atoms with E-state index in [9.17, 15) is 4.79 Å². The van der Waals surface area contributed by atoms with E-state index in [0.717, 1.165) is 30.8 Å². The van der Waals surface area contributed by atoms with Crippen molar-refractivity contribution >= 4 is 16.7 Å². The Balaban J connectivity index is 2.15. The van der Waals surface area contributed by atoms with Crippen LogP contribution >= 0.6 is 0 Å². The monoisotopic (exact) mass is 284 g/mol. The lowest BCUT2D eigenvalue weighted by Gasteiger charge is -2.19. The minimum atomic E-state index is 0.0488. The first-order valence-electron chi connectivity index (χ1n) is 7.43. The molecule has 0 atom stereocenters. The Kier molecular flexibility index (Phi) is 3.75. The van der Waals surface area contributed by atoms with Crippen LogP contribution in [0, 0.1) is 0 Å². The van der Waals surface area contributed by atoms with E-state index in [1.54, 1.807) is 6.20 Å². The molecule has 21 heavy (non-hydrogen) atoms. The van der Waals surface area contributed by atoms with Crippen molar-refractivity contribution in [3.05, 3.63) is 47.0 Å². The highest BCUT2D eigenvalue weighted by molar-refractivity contribution is 5.74. The van der Waals surface area contributed by atoms with Gasteiger partial charge in [0.05, 0.1) is 5.52 Å². The molecule has 0 unspecified atom stereocenters. The second-order valence-corrected chi connectivity index (χ2v) is 5.09. The third-order valence-electron chi connectivity index (χ3n) is 4.03. The Labute approximate surface area is 123 Å². The molecule has 0 N–H and O–H groups in total. The van der Waals surface area contributed by atoms with Gasteiger partial charge in [0.1, 0.15) is 5.52 Å². The molecule has 0 aliphatic carbocycles. The summed E-state index contributed by atoms with van der Waals surface area (Å²) in [5.41, 5.74) is 2.45. The molecule has 0 aromatic carbocycles. The van der Waals surface area contributed by atoms with Gasteiger partial charge in [0.25, 0.3) is 5.56 Å². The highest BCUT2D eigenvalue weighted by atomic mass is 16.1. The van der Waals surface area contributed by atoms with Crippen LogP contribution in [-0.2, 0) is 6.54 Å². The molecule has 0 saturated carbocycles. The number of pyridine rings is 1. The molecule has 5 nitrogen and oxygen atoms in total. The van der Waals surface area contributed by atoms with Crippen LogP contribution in [0.25, 0.3) is 16.7 Å². The Hall–Kier alpha value is -2.14. The maximum Gasteiger partial charge on any atom is 0.275 e. The lowest BCUT2D eigenvalue weighted by molar-refractivity contribution is 0.291. The van der Waals surface area contributed by atoms with Crippen LogP contribution in [-0.4, -0.2) is 38.5 Å². The van der Waals surface area contributed by atoms with Gasteiger partial charge in [-0.15, -0.1) is 0 Å². The normalized spacial score (nSPS) is 11.8. The minimum Gasteiger partial charge on any atom is -0.302 e. The summed E-state index contributed by atoms with van der Waals surface area (Å²) < 4.78 is 3.71. The summed E-state index contributed by atoms with van der Waals surface area (Å²) in [6, 6.07) is 7.58. The van der Waals surface area contributed by atoms with Gasteiger partial charge in [-0.3, -0.25) is 9.20 Å². The highest BCUT2D eigenvalue weighted by Crippen LogP contribution is 2.12. The number of aromatic nitrogens is 3. The van der Waals surface area contributed by atoms with Crippen molar-refractivity contribution in [2.45, 2.75) is 20.4 Å². The smallest absolute Gasteiger partial charge is 0.275 e. The number of hydrogen-bond donors (Lipinski definition) is 0. The van der Waals surface area contributed by atoms with E-state index in [1.807, 2.05) is 39.4 Å². The predicted molar refractivity (Wildman–Crippen MR) is 84.7 cm³/mol. The summed E-state index contributed by atoms with van der Waals surface area (Å²) in [7, 11) is 0. The largest absolute Gasteiger partial charge is 0.302 e. The number of nitrogens with zero attached hydrogens (tertiary/aromatic N) is 4. The average molecular weight is 284 g/mol. The molecular weight excluding hydrogens is 264 g/mol. The van der Waals surface area contributed by atoms with Gasteiger partial charge in [-0.1, -0.05) is 13.8 Å². The summed E-state index contributed by atoms with van der Waals surface area (Å²) in [5, 5.41) is 0. The predicted octanol–water partition coefficient (Wildman–Crippen LogP) is 1.99. The maximum absolute atomic E-state index is 12.7. The van der Waals surface area contributed by atoms with Gasteiger partial charge in [-0.25, -0.2) is 4.98 Å². The lowest BCUT2D eigenvalue weighted by atomic mass is 10.3. The fourth-order valence-electron chi connectivity index (χ4n) is 2.78. The van der Waals surface area contributed by atoms with Gasteiger partial charge in [-0.2, -0.15) is 0 Å². The molecule has 110 valence electrons. The van der Waals surface area contributed by atoms with Crippen LogP contribution in [0.1, 0.15) is 13.8 Å². The van der Waals surface area contributed by atoms with Gasteiger partial charge in [0, 0.05) is 25.5 Å². The molecule has 3 aromatic rings. The Bertz CT molecular complexity index is 814. The van der Waals surface area contributed by atoms with E-state index in [-0.39, 0.29) is 5.56 Å². The second-order valence-electron chi connectivity index (χ2n) is 5.09. The zero-order valence-corrected chi connectivity index (χ0v) is 12.5. The summed E-state index contributed by atoms with van der Waals surface area (Å²) in [5.74, 6) is 0. The van der Waals surface area contributed by atoms with Crippen LogP contribution in [0.4, 0.5) is 0 Å². The highest BCUT2D eigenvalue weighted by Gasteiger charge is 2.11. The molecule has 0 fully saturated rings. The molecule has 0 aliphatic rings. The van der Waals surface area contributed by atoms with Crippen LogP contribution in [0.15, 0.2) is 41.5 Å².